The van der Waals surface area contributed by atoms with E-state index in [0.717, 1.165) is 16.0 Å². The van der Waals surface area contributed by atoms with Crippen molar-refractivity contribution in [2.75, 3.05) is 39.2 Å². The Morgan fingerprint density at radius 3 is 2.51 bits per heavy atom. The molecule has 0 saturated carbocycles. The topological polar surface area (TPSA) is 71.1 Å². The van der Waals surface area contributed by atoms with Crippen molar-refractivity contribution in [1.29, 1.82) is 0 Å². The van der Waals surface area contributed by atoms with Gasteiger partial charge in [0.15, 0.2) is 11.5 Å². The second-order valence-corrected chi connectivity index (χ2v) is 9.83. The van der Waals surface area contributed by atoms with Crippen LogP contribution in [0, 0.1) is 6.92 Å². The van der Waals surface area contributed by atoms with Gasteiger partial charge in [0, 0.05) is 28.7 Å². The summed E-state index contributed by atoms with van der Waals surface area (Å²) in [6, 6.07) is 14.3. The molecule has 0 fully saturated rings. The van der Waals surface area contributed by atoms with Gasteiger partial charge in [-0.2, -0.15) is 0 Å². The Morgan fingerprint density at radius 2 is 1.86 bits per heavy atom. The molecule has 0 aliphatic carbocycles. The smallest absolute Gasteiger partial charge is 0.322 e. The Bertz CT molecular complexity index is 1230. The molecule has 0 spiro atoms. The number of rotatable bonds is 12. The van der Waals surface area contributed by atoms with Crippen LogP contribution < -0.4 is 14.8 Å². The molecule has 1 N–H and O–H groups in total. The van der Waals surface area contributed by atoms with Crippen molar-refractivity contribution in [3.05, 3.63) is 87.6 Å². The summed E-state index contributed by atoms with van der Waals surface area (Å²) in [5, 5.41) is 5.34. The van der Waals surface area contributed by atoms with Gasteiger partial charge in [-0.3, -0.25) is 4.79 Å². The van der Waals surface area contributed by atoms with E-state index in [1.807, 2.05) is 36.6 Å². The fraction of sp³-hybridized carbons (Fsp3) is 0.286. The molecule has 0 aliphatic heterocycles. The van der Waals surface area contributed by atoms with E-state index in [4.69, 9.17) is 21.1 Å². The van der Waals surface area contributed by atoms with E-state index in [-0.39, 0.29) is 19.0 Å². The maximum atomic E-state index is 13.5. The van der Waals surface area contributed by atoms with Crippen LogP contribution >= 0.6 is 22.9 Å². The molecular weight excluding hydrogens is 510 g/mol. The molecule has 0 unspecified atom stereocenters. The standard InChI is InChI=1S/C28H32ClN3O4S/c1-5-13-32(28(34)30-23-8-6-7-22(29)17-23)19-27(33)31(18-26-20(2)12-15-37-26)14-11-21-9-10-24(35-3)25(16-21)36-4/h5-10,12,15-17H,1,11,13-14,18-19H2,2-4H3,(H,30,34). The van der Waals surface area contributed by atoms with Gasteiger partial charge in [0.1, 0.15) is 6.54 Å². The van der Waals surface area contributed by atoms with Crippen molar-refractivity contribution in [2.45, 2.75) is 19.9 Å². The normalized spacial score (nSPS) is 10.5. The summed E-state index contributed by atoms with van der Waals surface area (Å²) in [6.45, 7) is 6.85. The molecule has 37 heavy (non-hydrogen) atoms. The maximum absolute atomic E-state index is 13.5. The van der Waals surface area contributed by atoms with Crippen molar-refractivity contribution >= 4 is 40.6 Å². The first-order valence-corrected chi connectivity index (χ1v) is 13.0. The summed E-state index contributed by atoms with van der Waals surface area (Å²) >= 11 is 7.66. The monoisotopic (exact) mass is 541 g/mol. The van der Waals surface area contributed by atoms with Gasteiger partial charge < -0.3 is 24.6 Å². The predicted octanol–water partition coefficient (Wildman–Crippen LogP) is 6.02. The number of thiophene rings is 1. The third-order valence-electron chi connectivity index (χ3n) is 5.81. The van der Waals surface area contributed by atoms with E-state index in [0.29, 0.717) is 41.7 Å². The number of aryl methyl sites for hydroxylation is 1. The molecule has 1 aromatic heterocycles. The number of urea groups is 1. The van der Waals surface area contributed by atoms with Crippen molar-refractivity contribution < 1.29 is 19.1 Å². The molecule has 9 heteroatoms. The quantitative estimate of drug-likeness (QED) is 0.285. The first-order valence-electron chi connectivity index (χ1n) is 11.8. The molecule has 3 aromatic rings. The van der Waals surface area contributed by atoms with Crippen molar-refractivity contribution in [3.8, 4) is 11.5 Å². The molecule has 0 bridgehead atoms. The highest BCUT2D eigenvalue weighted by Gasteiger charge is 2.22. The number of carbonyl (C=O) groups excluding carboxylic acids is 2. The molecule has 0 radical (unpaired) electrons. The summed E-state index contributed by atoms with van der Waals surface area (Å²) in [5.74, 6) is 1.14. The molecule has 0 atom stereocenters. The van der Waals surface area contributed by atoms with Gasteiger partial charge in [-0.05, 0) is 66.2 Å². The molecule has 0 aliphatic rings. The number of carbonyl (C=O) groups is 2. The zero-order valence-electron chi connectivity index (χ0n) is 21.3. The maximum Gasteiger partial charge on any atom is 0.322 e. The van der Waals surface area contributed by atoms with Crippen LogP contribution in [0.5, 0.6) is 11.5 Å². The average Bonchev–Trinajstić information content (AvgIpc) is 3.29. The number of anilines is 1. The largest absolute Gasteiger partial charge is 0.493 e. The van der Waals surface area contributed by atoms with E-state index in [9.17, 15) is 9.59 Å². The van der Waals surface area contributed by atoms with Gasteiger partial charge in [0.05, 0.1) is 20.8 Å². The van der Waals surface area contributed by atoms with Crippen LogP contribution in [-0.2, 0) is 17.8 Å². The van der Waals surface area contributed by atoms with Crippen LogP contribution in [0.4, 0.5) is 10.5 Å². The van der Waals surface area contributed by atoms with Crippen LogP contribution in [0.2, 0.25) is 5.02 Å². The summed E-state index contributed by atoms with van der Waals surface area (Å²) in [7, 11) is 3.19. The minimum Gasteiger partial charge on any atom is -0.493 e. The number of nitrogens with one attached hydrogen (secondary N) is 1. The number of amides is 3. The zero-order valence-corrected chi connectivity index (χ0v) is 22.9. The number of ether oxygens (including phenoxy) is 2. The lowest BCUT2D eigenvalue weighted by Gasteiger charge is -2.27. The average molecular weight is 542 g/mol. The van der Waals surface area contributed by atoms with Crippen LogP contribution in [0.25, 0.3) is 0 Å². The Kier molecular flexibility index (Phi) is 10.4. The van der Waals surface area contributed by atoms with Gasteiger partial charge in [-0.1, -0.05) is 29.8 Å². The Labute approximate surface area is 227 Å². The number of hydrogen-bond acceptors (Lipinski definition) is 5. The third-order valence-corrected chi connectivity index (χ3v) is 7.06. The second kappa shape index (κ2) is 13.7. The Morgan fingerprint density at radius 1 is 1.08 bits per heavy atom. The fourth-order valence-corrected chi connectivity index (χ4v) is 4.85. The first kappa shape index (κ1) is 28.1. The molecule has 0 saturated heterocycles. The molecule has 3 rings (SSSR count). The van der Waals surface area contributed by atoms with Crippen LogP contribution in [0.15, 0.2) is 66.6 Å². The fourth-order valence-electron chi connectivity index (χ4n) is 3.74. The molecule has 196 valence electrons. The lowest BCUT2D eigenvalue weighted by molar-refractivity contribution is -0.132. The van der Waals surface area contributed by atoms with E-state index in [1.54, 1.807) is 60.8 Å². The number of hydrogen-bond donors (Lipinski definition) is 1. The van der Waals surface area contributed by atoms with Crippen LogP contribution in [0.3, 0.4) is 0 Å². The van der Waals surface area contributed by atoms with E-state index >= 15 is 0 Å². The Hall–Kier alpha value is -3.49. The van der Waals surface area contributed by atoms with Gasteiger partial charge >= 0.3 is 6.03 Å². The van der Waals surface area contributed by atoms with Crippen molar-refractivity contribution in [2.24, 2.45) is 0 Å². The SMILES string of the molecule is C=CCN(CC(=O)N(CCc1ccc(OC)c(OC)c1)Cc1sccc1C)C(=O)Nc1cccc(Cl)c1. The van der Waals surface area contributed by atoms with Crippen molar-refractivity contribution in [3.63, 3.8) is 0 Å². The number of halogens is 1. The van der Waals surface area contributed by atoms with Gasteiger partial charge in [0.2, 0.25) is 5.91 Å². The Balaban J connectivity index is 1.75. The first-order chi connectivity index (χ1) is 17.8. The third kappa shape index (κ3) is 8.00. The molecular formula is C28H32ClN3O4S. The number of benzene rings is 2. The van der Waals surface area contributed by atoms with Crippen LogP contribution in [-0.4, -0.2) is 55.6 Å². The van der Waals surface area contributed by atoms with Crippen molar-refractivity contribution in [1.82, 2.24) is 9.80 Å². The molecule has 1 heterocycles. The minimum absolute atomic E-state index is 0.0885. The minimum atomic E-state index is -0.400. The summed E-state index contributed by atoms with van der Waals surface area (Å²) in [6.07, 6.45) is 2.22. The summed E-state index contributed by atoms with van der Waals surface area (Å²) in [5.41, 5.74) is 2.70. The number of methoxy groups -OCH3 is 2. The molecule has 7 nitrogen and oxygen atoms in total. The zero-order chi connectivity index (χ0) is 26.8. The van der Waals surface area contributed by atoms with Gasteiger partial charge in [-0.25, -0.2) is 4.79 Å². The predicted molar refractivity (Wildman–Crippen MR) is 150 cm³/mol. The van der Waals surface area contributed by atoms with Gasteiger partial charge in [0.25, 0.3) is 0 Å². The highest BCUT2D eigenvalue weighted by atomic mass is 35.5. The van der Waals surface area contributed by atoms with Crippen LogP contribution in [0.1, 0.15) is 16.0 Å². The second-order valence-electron chi connectivity index (χ2n) is 8.39. The molecule has 2 aromatic carbocycles. The lowest BCUT2D eigenvalue weighted by atomic mass is 10.1. The summed E-state index contributed by atoms with van der Waals surface area (Å²) in [4.78, 5) is 30.8. The lowest BCUT2D eigenvalue weighted by Crippen LogP contribution is -2.44. The number of nitrogens with zero attached hydrogens (tertiary/aromatic N) is 2. The van der Waals surface area contributed by atoms with Gasteiger partial charge in [-0.15, -0.1) is 17.9 Å². The van der Waals surface area contributed by atoms with E-state index < -0.39 is 6.03 Å². The van der Waals surface area contributed by atoms with E-state index in [2.05, 4.69) is 11.9 Å². The van der Waals surface area contributed by atoms with E-state index in [1.165, 1.54) is 4.90 Å². The molecule has 3 amide bonds. The highest BCUT2D eigenvalue weighted by Crippen LogP contribution is 2.28. The highest BCUT2D eigenvalue weighted by molar-refractivity contribution is 7.10. The summed E-state index contributed by atoms with van der Waals surface area (Å²) < 4.78 is 10.8.